The van der Waals surface area contributed by atoms with Crippen LogP contribution >= 0.6 is 0 Å². The molecule has 1 aromatic carbocycles. The first-order valence-electron chi connectivity index (χ1n) is 6.46. The van der Waals surface area contributed by atoms with Crippen molar-refractivity contribution in [2.24, 2.45) is 0 Å². The summed E-state index contributed by atoms with van der Waals surface area (Å²) in [4.78, 5) is 24.8. The maximum atomic E-state index is 11.7. The van der Waals surface area contributed by atoms with Gasteiger partial charge in [0.15, 0.2) is 6.04 Å². The highest BCUT2D eigenvalue weighted by molar-refractivity contribution is 5.84. The van der Waals surface area contributed by atoms with Crippen molar-refractivity contribution in [3.05, 3.63) is 34.9 Å². The summed E-state index contributed by atoms with van der Waals surface area (Å²) in [5.41, 5.74) is 2.52. The Morgan fingerprint density at radius 3 is 2.16 bits per heavy atom. The van der Waals surface area contributed by atoms with Crippen LogP contribution in [-0.4, -0.2) is 28.4 Å². The molecule has 0 saturated heterocycles. The van der Waals surface area contributed by atoms with Gasteiger partial charge in [0.25, 0.3) is 0 Å². The van der Waals surface area contributed by atoms with Crippen molar-refractivity contribution in [2.75, 3.05) is 6.54 Å². The molecule has 1 unspecified atom stereocenters. The monoisotopic (exact) mass is 263 g/mol. The Kier molecular flexibility index (Phi) is 5.10. The van der Waals surface area contributed by atoms with E-state index in [1.54, 1.807) is 0 Å². The number of carboxylic acids is 1. The molecule has 0 aliphatic rings. The average Bonchev–Trinajstić information content (AvgIpc) is 2.31. The molecule has 0 saturated carbocycles. The van der Waals surface area contributed by atoms with Gasteiger partial charge in [-0.25, -0.2) is 4.79 Å². The van der Waals surface area contributed by atoms with E-state index in [4.69, 9.17) is 0 Å². The van der Waals surface area contributed by atoms with E-state index in [0.717, 1.165) is 23.1 Å². The fourth-order valence-electron chi connectivity index (χ4n) is 2.38. The van der Waals surface area contributed by atoms with E-state index < -0.39 is 12.0 Å². The minimum Gasteiger partial charge on any atom is -0.479 e. The van der Waals surface area contributed by atoms with Crippen LogP contribution in [0.5, 0.6) is 0 Å². The van der Waals surface area contributed by atoms with Crippen LogP contribution in [0, 0.1) is 13.8 Å². The second-order valence-corrected chi connectivity index (χ2v) is 4.76. The first kappa shape index (κ1) is 15.2. The number of rotatable bonds is 5. The van der Waals surface area contributed by atoms with E-state index in [0.29, 0.717) is 6.54 Å². The molecule has 1 amide bonds. The topological polar surface area (TPSA) is 57.6 Å². The molecule has 0 radical (unpaired) electrons. The van der Waals surface area contributed by atoms with Gasteiger partial charge in [-0.2, -0.15) is 0 Å². The van der Waals surface area contributed by atoms with Gasteiger partial charge in [0.2, 0.25) is 5.91 Å². The van der Waals surface area contributed by atoms with Crippen molar-refractivity contribution in [1.29, 1.82) is 0 Å². The minimum absolute atomic E-state index is 0.211. The molecule has 0 aliphatic heterocycles. The third-order valence-corrected chi connectivity index (χ3v) is 3.23. The maximum absolute atomic E-state index is 11.7. The number of carboxylic acid groups (broad SMARTS) is 1. The molecule has 104 valence electrons. The fraction of sp³-hybridized carbons (Fsp3) is 0.467. The Morgan fingerprint density at radius 2 is 1.79 bits per heavy atom. The smallest absolute Gasteiger partial charge is 0.331 e. The van der Waals surface area contributed by atoms with Crippen LogP contribution in [0.3, 0.4) is 0 Å². The van der Waals surface area contributed by atoms with Gasteiger partial charge in [-0.15, -0.1) is 0 Å². The Balaban J connectivity index is 3.34. The second kappa shape index (κ2) is 6.36. The summed E-state index contributed by atoms with van der Waals surface area (Å²) in [5, 5.41) is 9.53. The number of carbonyl (C=O) groups is 2. The average molecular weight is 263 g/mol. The van der Waals surface area contributed by atoms with E-state index >= 15 is 0 Å². The Morgan fingerprint density at radius 1 is 1.26 bits per heavy atom. The van der Waals surface area contributed by atoms with Crippen molar-refractivity contribution < 1.29 is 14.7 Å². The van der Waals surface area contributed by atoms with Gasteiger partial charge >= 0.3 is 5.97 Å². The third kappa shape index (κ3) is 3.34. The number of amides is 1. The summed E-state index contributed by atoms with van der Waals surface area (Å²) in [5.74, 6) is -1.20. The lowest BCUT2D eigenvalue weighted by molar-refractivity contribution is -0.149. The predicted octanol–water partition coefficient (Wildman–Crippen LogP) is 2.69. The predicted molar refractivity (Wildman–Crippen MR) is 74.0 cm³/mol. The molecular formula is C15H21NO3. The largest absolute Gasteiger partial charge is 0.479 e. The van der Waals surface area contributed by atoms with E-state index in [1.807, 2.05) is 39.0 Å². The SMILES string of the molecule is CCCN(C(C)=O)C(C(=O)O)c1c(C)cccc1C. The Labute approximate surface area is 114 Å². The summed E-state index contributed by atoms with van der Waals surface area (Å²) in [6.45, 7) is 7.55. The highest BCUT2D eigenvalue weighted by atomic mass is 16.4. The molecule has 0 fully saturated rings. The summed E-state index contributed by atoms with van der Waals surface area (Å²) in [6.07, 6.45) is 0.730. The van der Waals surface area contributed by atoms with Gasteiger partial charge in [0.1, 0.15) is 0 Å². The van der Waals surface area contributed by atoms with E-state index in [9.17, 15) is 14.7 Å². The van der Waals surface area contributed by atoms with Crippen LogP contribution < -0.4 is 0 Å². The van der Waals surface area contributed by atoms with Gasteiger partial charge in [-0.3, -0.25) is 4.79 Å². The number of hydrogen-bond acceptors (Lipinski definition) is 2. The quantitative estimate of drug-likeness (QED) is 0.888. The summed E-state index contributed by atoms with van der Waals surface area (Å²) in [6, 6.07) is 4.74. The lowest BCUT2D eigenvalue weighted by Crippen LogP contribution is -2.38. The molecule has 1 rings (SSSR count). The molecule has 4 heteroatoms. The van der Waals surface area contributed by atoms with Crippen LogP contribution in [0.4, 0.5) is 0 Å². The molecule has 0 spiro atoms. The lowest BCUT2D eigenvalue weighted by atomic mass is 9.95. The van der Waals surface area contributed by atoms with Crippen molar-refractivity contribution >= 4 is 11.9 Å². The van der Waals surface area contributed by atoms with Crippen molar-refractivity contribution in [2.45, 2.75) is 40.2 Å². The number of carbonyl (C=O) groups excluding carboxylic acids is 1. The Bertz CT molecular complexity index is 462. The lowest BCUT2D eigenvalue weighted by Gasteiger charge is -2.30. The molecular weight excluding hydrogens is 242 g/mol. The van der Waals surface area contributed by atoms with E-state index in [-0.39, 0.29) is 5.91 Å². The summed E-state index contributed by atoms with van der Waals surface area (Å²) in [7, 11) is 0. The highest BCUT2D eigenvalue weighted by Gasteiger charge is 2.31. The normalized spacial score (nSPS) is 12.0. The molecule has 1 atom stereocenters. The van der Waals surface area contributed by atoms with Gasteiger partial charge in [-0.05, 0) is 37.0 Å². The summed E-state index contributed by atoms with van der Waals surface area (Å²) < 4.78 is 0. The zero-order chi connectivity index (χ0) is 14.6. The van der Waals surface area contributed by atoms with Crippen LogP contribution in [0.1, 0.15) is 43.0 Å². The van der Waals surface area contributed by atoms with Crippen molar-refractivity contribution in [3.8, 4) is 0 Å². The van der Waals surface area contributed by atoms with Crippen LogP contribution in [0.25, 0.3) is 0 Å². The summed E-state index contributed by atoms with van der Waals surface area (Å²) >= 11 is 0. The number of nitrogens with zero attached hydrogens (tertiary/aromatic N) is 1. The van der Waals surface area contributed by atoms with Crippen LogP contribution in [-0.2, 0) is 9.59 Å². The van der Waals surface area contributed by atoms with Gasteiger partial charge in [-0.1, -0.05) is 25.1 Å². The van der Waals surface area contributed by atoms with Crippen LogP contribution in [0.2, 0.25) is 0 Å². The standard InChI is InChI=1S/C15H21NO3/c1-5-9-16(12(4)17)14(15(18)19)13-10(2)7-6-8-11(13)3/h6-8,14H,5,9H2,1-4H3,(H,18,19). The number of hydrogen-bond donors (Lipinski definition) is 1. The molecule has 0 heterocycles. The van der Waals surface area contributed by atoms with E-state index in [2.05, 4.69) is 0 Å². The number of aryl methyl sites for hydroxylation is 2. The number of benzene rings is 1. The molecule has 19 heavy (non-hydrogen) atoms. The molecule has 1 aromatic rings. The first-order valence-corrected chi connectivity index (χ1v) is 6.46. The molecule has 0 bridgehead atoms. The van der Waals surface area contributed by atoms with Gasteiger partial charge in [0, 0.05) is 13.5 Å². The van der Waals surface area contributed by atoms with Crippen molar-refractivity contribution in [3.63, 3.8) is 0 Å². The first-order chi connectivity index (χ1) is 8.90. The van der Waals surface area contributed by atoms with Gasteiger partial charge < -0.3 is 10.0 Å². The molecule has 4 nitrogen and oxygen atoms in total. The minimum atomic E-state index is -0.985. The molecule has 0 aromatic heterocycles. The van der Waals surface area contributed by atoms with Gasteiger partial charge in [0.05, 0.1) is 0 Å². The fourth-order valence-corrected chi connectivity index (χ4v) is 2.38. The van der Waals surface area contributed by atoms with E-state index in [1.165, 1.54) is 11.8 Å². The molecule has 0 aliphatic carbocycles. The zero-order valence-electron chi connectivity index (χ0n) is 11.9. The zero-order valence-corrected chi connectivity index (χ0v) is 11.9. The Hall–Kier alpha value is -1.84. The van der Waals surface area contributed by atoms with Crippen LogP contribution in [0.15, 0.2) is 18.2 Å². The maximum Gasteiger partial charge on any atom is 0.331 e. The van der Waals surface area contributed by atoms with Crippen molar-refractivity contribution in [1.82, 2.24) is 4.90 Å². The second-order valence-electron chi connectivity index (χ2n) is 4.76. The number of aliphatic carboxylic acids is 1. The molecule has 1 N–H and O–H groups in total. The highest BCUT2D eigenvalue weighted by Crippen LogP contribution is 2.27. The third-order valence-electron chi connectivity index (χ3n) is 3.23.